The fraction of sp³-hybridized carbons (Fsp3) is 0.375. The molecule has 2 aromatic rings. The first kappa shape index (κ1) is 24.4. The van der Waals surface area contributed by atoms with Gasteiger partial charge < -0.3 is 10.1 Å². The van der Waals surface area contributed by atoms with Gasteiger partial charge in [0.15, 0.2) is 0 Å². The van der Waals surface area contributed by atoms with E-state index in [0.717, 1.165) is 22.4 Å². The Morgan fingerprint density at radius 3 is 2.29 bits per heavy atom. The Bertz CT molecular complexity index is 953. The Morgan fingerprint density at radius 1 is 1.10 bits per heavy atom. The fourth-order valence-corrected chi connectivity index (χ4v) is 3.20. The molecule has 2 aromatic carbocycles. The van der Waals surface area contributed by atoms with Gasteiger partial charge in [-0.1, -0.05) is 39.3 Å². The second kappa shape index (κ2) is 11.0. The molecule has 0 heterocycles. The maximum Gasteiger partial charge on any atom is 0.262 e. The molecule has 0 saturated carbocycles. The molecular formula is C24H30ClN3O3. The lowest BCUT2D eigenvalue weighted by atomic mass is 9.97. The molecule has 166 valence electrons. The molecular weight excluding hydrogens is 414 g/mol. The molecule has 0 fully saturated rings. The van der Waals surface area contributed by atoms with Crippen LogP contribution in [0.4, 0.5) is 0 Å². The van der Waals surface area contributed by atoms with Gasteiger partial charge in [-0.15, -0.1) is 0 Å². The molecule has 0 aliphatic rings. The molecule has 0 saturated heterocycles. The molecule has 0 aliphatic heterocycles. The highest BCUT2D eigenvalue weighted by atomic mass is 35.5. The van der Waals surface area contributed by atoms with Gasteiger partial charge >= 0.3 is 0 Å². The number of carbonyl (C=O) groups is 2. The minimum absolute atomic E-state index is 0.123. The number of hydrazone groups is 1. The fourth-order valence-electron chi connectivity index (χ4n) is 3.08. The molecule has 2 amide bonds. The van der Waals surface area contributed by atoms with Crippen LogP contribution in [-0.2, 0) is 4.79 Å². The summed E-state index contributed by atoms with van der Waals surface area (Å²) in [5.41, 5.74) is 5.91. The Labute approximate surface area is 189 Å². The highest BCUT2D eigenvalue weighted by Gasteiger charge is 2.24. The molecule has 0 spiro atoms. The van der Waals surface area contributed by atoms with Crippen molar-refractivity contribution in [1.82, 2.24) is 10.7 Å². The number of benzene rings is 2. The first-order valence-corrected chi connectivity index (χ1v) is 10.6. The zero-order valence-electron chi connectivity index (χ0n) is 18.8. The predicted molar refractivity (Wildman–Crippen MR) is 125 cm³/mol. The van der Waals surface area contributed by atoms with Crippen molar-refractivity contribution in [3.8, 4) is 5.75 Å². The molecule has 0 aromatic heterocycles. The third-order valence-corrected chi connectivity index (χ3v) is 5.21. The van der Waals surface area contributed by atoms with Crippen LogP contribution in [0.2, 0.25) is 5.02 Å². The van der Waals surface area contributed by atoms with E-state index >= 15 is 0 Å². The number of nitrogens with one attached hydrogen (secondary N) is 2. The molecule has 1 unspecified atom stereocenters. The van der Waals surface area contributed by atoms with E-state index in [1.807, 2.05) is 32.9 Å². The molecule has 0 aliphatic carbocycles. The zero-order chi connectivity index (χ0) is 23.1. The Morgan fingerprint density at radius 2 is 1.74 bits per heavy atom. The third-order valence-electron chi connectivity index (χ3n) is 4.96. The average Bonchev–Trinajstić information content (AvgIpc) is 2.72. The van der Waals surface area contributed by atoms with E-state index < -0.39 is 6.04 Å². The summed E-state index contributed by atoms with van der Waals surface area (Å²) in [7, 11) is 1.65. The van der Waals surface area contributed by atoms with Crippen molar-refractivity contribution in [1.29, 1.82) is 0 Å². The van der Waals surface area contributed by atoms with E-state index in [-0.39, 0.29) is 23.7 Å². The van der Waals surface area contributed by atoms with Crippen LogP contribution in [-0.4, -0.2) is 31.2 Å². The van der Waals surface area contributed by atoms with E-state index in [2.05, 4.69) is 29.7 Å². The number of hydrogen-bond acceptors (Lipinski definition) is 4. The van der Waals surface area contributed by atoms with Gasteiger partial charge in [0.25, 0.3) is 11.8 Å². The van der Waals surface area contributed by atoms with Crippen molar-refractivity contribution in [2.75, 3.05) is 7.11 Å². The quantitative estimate of drug-likeness (QED) is 0.459. The number of amides is 2. The van der Waals surface area contributed by atoms with Gasteiger partial charge in [0.05, 0.1) is 13.3 Å². The van der Waals surface area contributed by atoms with Gasteiger partial charge in [-0.25, -0.2) is 5.43 Å². The first-order chi connectivity index (χ1) is 14.6. The van der Waals surface area contributed by atoms with E-state index in [0.29, 0.717) is 10.6 Å². The summed E-state index contributed by atoms with van der Waals surface area (Å²) in [6, 6.07) is 9.73. The van der Waals surface area contributed by atoms with Gasteiger partial charge in [-0.3, -0.25) is 9.59 Å². The smallest absolute Gasteiger partial charge is 0.262 e. The SMILES string of the molecule is COc1cc(C)c(C=NNC(=O)C(NC(=O)c2ccc(Cl)cc2)C(C)C)cc1C(C)C. The number of rotatable bonds is 8. The van der Waals surface area contributed by atoms with Crippen molar-refractivity contribution < 1.29 is 14.3 Å². The summed E-state index contributed by atoms with van der Waals surface area (Å²) < 4.78 is 5.46. The molecule has 2 rings (SSSR count). The molecule has 1 atom stereocenters. The zero-order valence-corrected chi connectivity index (χ0v) is 19.6. The molecule has 2 N–H and O–H groups in total. The van der Waals surface area contributed by atoms with Crippen LogP contribution < -0.4 is 15.5 Å². The lowest BCUT2D eigenvalue weighted by molar-refractivity contribution is -0.123. The summed E-state index contributed by atoms with van der Waals surface area (Å²) in [6.45, 7) is 9.86. The van der Waals surface area contributed by atoms with Crippen LogP contribution >= 0.6 is 11.6 Å². The normalized spacial score (nSPS) is 12.3. The van der Waals surface area contributed by atoms with Crippen molar-refractivity contribution >= 4 is 29.6 Å². The summed E-state index contributed by atoms with van der Waals surface area (Å²) in [5.74, 6) is 0.261. The predicted octanol–water partition coefficient (Wildman–Crippen LogP) is 4.69. The standard InChI is InChI=1S/C24H30ClN3O3/c1-14(2)20-12-18(16(5)11-21(20)31-6)13-26-28-24(30)22(15(3)4)27-23(29)17-7-9-19(25)10-8-17/h7-15,22H,1-6H3,(H,27,29)(H,28,30). The number of carbonyl (C=O) groups excluding carboxylic acids is 2. The molecule has 31 heavy (non-hydrogen) atoms. The summed E-state index contributed by atoms with van der Waals surface area (Å²) in [4.78, 5) is 25.2. The summed E-state index contributed by atoms with van der Waals surface area (Å²) in [6.07, 6.45) is 1.61. The highest BCUT2D eigenvalue weighted by molar-refractivity contribution is 6.30. The lowest BCUT2D eigenvalue weighted by Crippen LogP contribution is -2.48. The second-order valence-corrected chi connectivity index (χ2v) is 8.48. The van der Waals surface area contributed by atoms with Crippen molar-refractivity contribution in [3.63, 3.8) is 0 Å². The van der Waals surface area contributed by atoms with Gasteiger partial charge in [-0.05, 0) is 71.8 Å². The summed E-state index contributed by atoms with van der Waals surface area (Å²) in [5, 5.41) is 7.43. The molecule has 0 radical (unpaired) electrons. The third kappa shape index (κ3) is 6.56. The average molecular weight is 444 g/mol. The van der Waals surface area contributed by atoms with Crippen LogP contribution in [0.15, 0.2) is 41.5 Å². The number of methoxy groups -OCH3 is 1. The van der Waals surface area contributed by atoms with Crippen molar-refractivity contribution in [2.24, 2.45) is 11.0 Å². The number of nitrogens with zero attached hydrogens (tertiary/aromatic N) is 1. The molecule has 6 nitrogen and oxygen atoms in total. The van der Waals surface area contributed by atoms with Crippen molar-refractivity contribution in [3.05, 3.63) is 63.7 Å². The van der Waals surface area contributed by atoms with Gasteiger partial charge in [-0.2, -0.15) is 5.10 Å². The van der Waals surface area contributed by atoms with Gasteiger partial charge in [0.1, 0.15) is 11.8 Å². The van der Waals surface area contributed by atoms with Crippen LogP contribution in [0.25, 0.3) is 0 Å². The Balaban J connectivity index is 2.11. The number of hydrogen-bond donors (Lipinski definition) is 2. The second-order valence-electron chi connectivity index (χ2n) is 8.04. The van der Waals surface area contributed by atoms with Gasteiger partial charge in [0.2, 0.25) is 0 Å². The van der Waals surface area contributed by atoms with Crippen LogP contribution in [0.5, 0.6) is 5.75 Å². The van der Waals surface area contributed by atoms with Crippen LogP contribution in [0.3, 0.4) is 0 Å². The minimum Gasteiger partial charge on any atom is -0.496 e. The minimum atomic E-state index is -0.733. The monoisotopic (exact) mass is 443 g/mol. The highest BCUT2D eigenvalue weighted by Crippen LogP contribution is 2.29. The van der Waals surface area contributed by atoms with E-state index in [9.17, 15) is 9.59 Å². The lowest BCUT2D eigenvalue weighted by Gasteiger charge is -2.20. The van der Waals surface area contributed by atoms with E-state index in [4.69, 9.17) is 16.3 Å². The first-order valence-electron chi connectivity index (χ1n) is 10.2. The van der Waals surface area contributed by atoms with Crippen LogP contribution in [0.1, 0.15) is 60.7 Å². The number of ether oxygens (including phenoxy) is 1. The van der Waals surface area contributed by atoms with Crippen molar-refractivity contribution in [2.45, 2.75) is 46.6 Å². The largest absolute Gasteiger partial charge is 0.496 e. The Kier molecular flexibility index (Phi) is 8.63. The topological polar surface area (TPSA) is 79.8 Å². The molecule has 7 heteroatoms. The van der Waals surface area contributed by atoms with E-state index in [1.165, 1.54) is 0 Å². The summed E-state index contributed by atoms with van der Waals surface area (Å²) >= 11 is 5.87. The van der Waals surface area contributed by atoms with Gasteiger partial charge in [0, 0.05) is 10.6 Å². The Hall–Kier alpha value is -2.86. The number of aryl methyl sites for hydroxylation is 1. The molecule has 0 bridgehead atoms. The maximum atomic E-state index is 12.7. The van der Waals surface area contributed by atoms with Crippen LogP contribution in [0, 0.1) is 12.8 Å². The van der Waals surface area contributed by atoms with E-state index in [1.54, 1.807) is 37.6 Å². The number of halogens is 1. The maximum absolute atomic E-state index is 12.7.